The zero-order valence-corrected chi connectivity index (χ0v) is 12.9. The van der Waals surface area contributed by atoms with E-state index in [-0.39, 0.29) is 11.8 Å². The van der Waals surface area contributed by atoms with E-state index in [4.69, 9.17) is 0 Å². The first-order valence-corrected chi connectivity index (χ1v) is 10.4. The lowest BCUT2D eigenvalue weighted by atomic mass is 10.1. The Morgan fingerprint density at radius 3 is 2.23 bits per heavy atom. The van der Waals surface area contributed by atoms with Gasteiger partial charge in [0, 0.05) is 56.2 Å². The number of nitrogens with one attached hydrogen (secondary N) is 1. The van der Waals surface area contributed by atoms with Crippen LogP contribution in [0.15, 0.2) is 0 Å². The number of hydrogen-bond donors (Lipinski definition) is 1. The second kappa shape index (κ2) is 11.0. The maximum Gasteiger partial charge on any atom is 0.224 e. The minimum atomic E-state index is 0.0879. The van der Waals surface area contributed by atoms with Gasteiger partial charge in [-0.3, -0.25) is 4.79 Å². The Morgan fingerprint density at radius 1 is 1.46 bits per heavy atom. The fourth-order valence-electron chi connectivity index (χ4n) is 0.979. The van der Waals surface area contributed by atoms with E-state index in [2.05, 4.69) is 42.5 Å². The molecule has 0 spiro atoms. The normalized spacial score (nSPS) is 11.6. The average molecular weight is 412 g/mol. The van der Waals surface area contributed by atoms with Crippen molar-refractivity contribution in [2.45, 2.75) is 13.8 Å². The Labute approximate surface area is 104 Å². The van der Waals surface area contributed by atoms with Crippen LogP contribution in [-0.2, 0) is 4.79 Å². The van der Waals surface area contributed by atoms with E-state index in [0.717, 1.165) is 13.1 Å². The van der Waals surface area contributed by atoms with E-state index < -0.39 is 0 Å². The number of rotatable bonds is 4. The van der Waals surface area contributed by atoms with Crippen molar-refractivity contribution in [3.05, 3.63) is 0 Å². The van der Waals surface area contributed by atoms with E-state index in [9.17, 15) is 4.79 Å². The summed E-state index contributed by atoms with van der Waals surface area (Å²) < 4.78 is 0. The Bertz CT molecular complexity index is 131. The molecule has 1 N–H and O–H groups in total. The Morgan fingerprint density at radius 2 is 1.92 bits per heavy atom. The molecule has 0 rings (SSSR count). The number of halogens is 2. The number of amides is 1. The number of carbonyl (C=O) groups is 1. The molecule has 0 aliphatic carbocycles. The quantitative estimate of drug-likeness (QED) is 0.718. The molecule has 3 nitrogen and oxygen atoms in total. The average Bonchev–Trinajstić information content (AvgIpc) is 2.07. The fraction of sp³-hybridized carbons (Fsp3) is 0.875. The van der Waals surface area contributed by atoms with E-state index in [0.29, 0.717) is 0 Å². The summed E-state index contributed by atoms with van der Waals surface area (Å²) in [7, 11) is 3.94. The summed E-state index contributed by atoms with van der Waals surface area (Å²) in [4.78, 5) is 13.2. The maximum atomic E-state index is 11.1. The Balaban J connectivity index is 0. The molecule has 0 bridgehead atoms. The van der Waals surface area contributed by atoms with Crippen LogP contribution in [0.1, 0.15) is 13.8 Å². The molecule has 1 amide bonds. The van der Waals surface area contributed by atoms with Gasteiger partial charge in [0.15, 0.2) is 0 Å². The van der Waals surface area contributed by atoms with Gasteiger partial charge in [0.25, 0.3) is 0 Å². The Kier molecular flexibility index (Phi) is 13.8. The summed E-state index contributed by atoms with van der Waals surface area (Å²) in [5.74, 6) is 0.228. The molecule has 0 aromatic carbocycles. The monoisotopic (exact) mass is 412 g/mol. The van der Waals surface area contributed by atoms with Gasteiger partial charge in [0.1, 0.15) is 0 Å². The van der Waals surface area contributed by atoms with Crippen molar-refractivity contribution in [3.8, 4) is 0 Å². The molecule has 13 heavy (non-hydrogen) atoms. The molecule has 0 saturated carbocycles. The molecule has 1 atom stereocenters. The molecular formula is C8H18I2N2O. The summed E-state index contributed by atoms with van der Waals surface area (Å²) in [6.45, 7) is 5.40. The first-order chi connectivity index (χ1) is 6.07. The first kappa shape index (κ1) is 16.3. The van der Waals surface area contributed by atoms with Gasteiger partial charge in [-0.15, -0.1) is 0 Å². The largest absolute Gasteiger partial charge is 0.356 e. The number of hydrogen-bond acceptors (Lipinski definition) is 2. The highest BCUT2D eigenvalue weighted by Gasteiger charge is 2.11. The van der Waals surface area contributed by atoms with Crippen molar-refractivity contribution in [3.63, 3.8) is 0 Å². The summed E-state index contributed by atoms with van der Waals surface area (Å²) in [5, 5.41) is 2.79. The fourth-order valence-corrected chi connectivity index (χ4v) is 0.979. The van der Waals surface area contributed by atoms with Crippen LogP contribution >= 0.6 is 37.2 Å². The Hall–Kier alpha value is 0.890. The van der Waals surface area contributed by atoms with Crippen LogP contribution in [0.2, 0.25) is 0 Å². The van der Waals surface area contributed by atoms with Crippen molar-refractivity contribution in [2.24, 2.45) is 5.92 Å². The standard InChI is InChI=1S/C8H18N2O.I2/c1-5-9-8(11)7(2)6-10(3)4;1-2/h7H,5-6H2,1-4H3,(H,9,11);. The third-order valence-corrected chi connectivity index (χ3v) is 1.44. The smallest absolute Gasteiger partial charge is 0.224 e. The molecule has 0 aliphatic rings. The van der Waals surface area contributed by atoms with Crippen molar-refractivity contribution in [2.75, 3.05) is 27.2 Å². The molecule has 0 saturated heterocycles. The van der Waals surface area contributed by atoms with Gasteiger partial charge in [-0.2, -0.15) is 0 Å². The lowest BCUT2D eigenvalue weighted by Crippen LogP contribution is -2.34. The molecule has 0 heterocycles. The lowest BCUT2D eigenvalue weighted by molar-refractivity contribution is -0.124. The van der Waals surface area contributed by atoms with Crippen molar-refractivity contribution in [1.82, 2.24) is 10.2 Å². The summed E-state index contributed by atoms with van der Waals surface area (Å²) in [5.41, 5.74) is 0. The van der Waals surface area contributed by atoms with Gasteiger partial charge in [-0.1, -0.05) is 6.92 Å². The van der Waals surface area contributed by atoms with Gasteiger partial charge in [0.2, 0.25) is 5.91 Å². The summed E-state index contributed by atoms with van der Waals surface area (Å²) >= 11 is 4.24. The highest BCUT2D eigenvalue weighted by atomic mass is 128. The minimum absolute atomic E-state index is 0.0879. The summed E-state index contributed by atoms with van der Waals surface area (Å²) in [6, 6.07) is 0. The van der Waals surface area contributed by atoms with Crippen LogP contribution in [0.25, 0.3) is 0 Å². The molecule has 0 aromatic rings. The number of nitrogens with zero attached hydrogens (tertiary/aromatic N) is 1. The molecule has 1 unspecified atom stereocenters. The molecule has 0 radical (unpaired) electrons. The topological polar surface area (TPSA) is 32.3 Å². The minimum Gasteiger partial charge on any atom is -0.356 e. The maximum absolute atomic E-state index is 11.1. The van der Waals surface area contributed by atoms with Gasteiger partial charge in [-0.25, -0.2) is 0 Å². The van der Waals surface area contributed by atoms with Crippen LogP contribution in [0.4, 0.5) is 0 Å². The molecule has 80 valence electrons. The SMILES string of the molecule is CCNC(=O)C(C)CN(C)C.II. The zero-order valence-electron chi connectivity index (χ0n) is 8.60. The van der Waals surface area contributed by atoms with Gasteiger partial charge in [0.05, 0.1) is 0 Å². The summed E-state index contributed by atoms with van der Waals surface area (Å²) in [6.07, 6.45) is 0. The van der Waals surface area contributed by atoms with Crippen LogP contribution < -0.4 is 5.32 Å². The first-order valence-electron chi connectivity index (χ1n) is 4.14. The van der Waals surface area contributed by atoms with Crippen LogP contribution in [0, 0.1) is 5.92 Å². The van der Waals surface area contributed by atoms with E-state index in [1.807, 2.05) is 32.8 Å². The molecule has 0 aliphatic heterocycles. The predicted molar refractivity (Wildman–Crippen MR) is 74.4 cm³/mol. The highest BCUT2D eigenvalue weighted by Crippen LogP contribution is 1.95. The lowest BCUT2D eigenvalue weighted by Gasteiger charge is -2.15. The second-order valence-electron chi connectivity index (χ2n) is 3.06. The van der Waals surface area contributed by atoms with Crippen LogP contribution in [0.3, 0.4) is 0 Å². The van der Waals surface area contributed by atoms with Crippen molar-refractivity contribution < 1.29 is 4.79 Å². The third kappa shape index (κ3) is 10.8. The van der Waals surface area contributed by atoms with E-state index >= 15 is 0 Å². The van der Waals surface area contributed by atoms with Crippen LogP contribution in [-0.4, -0.2) is 38.0 Å². The number of carbonyl (C=O) groups excluding carboxylic acids is 1. The van der Waals surface area contributed by atoms with Crippen molar-refractivity contribution >= 4 is 43.1 Å². The van der Waals surface area contributed by atoms with E-state index in [1.54, 1.807) is 0 Å². The molecule has 0 fully saturated rings. The molecule has 0 aromatic heterocycles. The predicted octanol–water partition coefficient (Wildman–Crippen LogP) is 2.09. The zero-order chi connectivity index (χ0) is 10.9. The van der Waals surface area contributed by atoms with Gasteiger partial charge < -0.3 is 10.2 Å². The molecule has 5 heteroatoms. The second-order valence-corrected chi connectivity index (χ2v) is 3.06. The van der Waals surface area contributed by atoms with E-state index in [1.165, 1.54) is 0 Å². The van der Waals surface area contributed by atoms with Crippen LogP contribution in [0.5, 0.6) is 0 Å². The van der Waals surface area contributed by atoms with Gasteiger partial charge in [-0.05, 0) is 21.0 Å². The van der Waals surface area contributed by atoms with Crippen molar-refractivity contribution in [1.29, 1.82) is 0 Å². The van der Waals surface area contributed by atoms with Gasteiger partial charge >= 0.3 is 0 Å². The highest BCUT2D eigenvalue weighted by molar-refractivity contribution is 15.0. The third-order valence-electron chi connectivity index (χ3n) is 1.44. The molecular weight excluding hydrogens is 394 g/mol.